The van der Waals surface area contributed by atoms with Crippen LogP contribution in [0.15, 0.2) is 18.2 Å². The van der Waals surface area contributed by atoms with Crippen LogP contribution in [-0.4, -0.2) is 16.9 Å². The summed E-state index contributed by atoms with van der Waals surface area (Å²) < 4.78 is 0. The first-order valence-electron chi connectivity index (χ1n) is 5.42. The minimum absolute atomic E-state index is 0.127. The molecule has 3 N–H and O–H groups in total. The Morgan fingerprint density at radius 1 is 1.47 bits per heavy atom. The third-order valence-corrected chi connectivity index (χ3v) is 2.93. The molecule has 0 heterocycles. The third-order valence-electron chi connectivity index (χ3n) is 2.93. The normalized spacial score (nSPS) is 15.1. The minimum Gasteiger partial charge on any atom is -0.398 e. The Bertz CT molecular complexity index is 469. The van der Waals surface area contributed by atoms with Crippen molar-refractivity contribution in [3.05, 3.63) is 33.9 Å². The minimum atomic E-state index is -0.542. The number of nitro groups is 1. The number of nitro benzene ring substituents is 1. The summed E-state index contributed by atoms with van der Waals surface area (Å²) in [4.78, 5) is 21.9. The van der Waals surface area contributed by atoms with Gasteiger partial charge in [-0.05, 0) is 25.3 Å². The van der Waals surface area contributed by atoms with Crippen molar-refractivity contribution >= 4 is 17.3 Å². The standard InChI is InChI=1S/C11H13N3O3/c12-10-5-4-8(14(16)17)6-9(10)11(15)13-7-2-1-3-7/h4-7H,1-3,12H2,(H,13,15). The number of nitrogen functional groups attached to an aromatic ring is 1. The van der Waals surface area contributed by atoms with E-state index in [0.29, 0.717) is 0 Å². The van der Waals surface area contributed by atoms with Crippen molar-refractivity contribution in [3.8, 4) is 0 Å². The molecular formula is C11H13N3O3. The van der Waals surface area contributed by atoms with Gasteiger partial charge in [0.2, 0.25) is 0 Å². The zero-order valence-corrected chi connectivity index (χ0v) is 9.18. The molecule has 90 valence electrons. The number of nitrogens with two attached hydrogens (primary N) is 1. The van der Waals surface area contributed by atoms with Crippen LogP contribution in [0.25, 0.3) is 0 Å². The first-order valence-corrected chi connectivity index (χ1v) is 5.42. The second-order valence-corrected chi connectivity index (χ2v) is 4.13. The number of amides is 1. The highest BCUT2D eigenvalue weighted by molar-refractivity contribution is 6.00. The van der Waals surface area contributed by atoms with Crippen molar-refractivity contribution in [1.29, 1.82) is 0 Å². The number of carbonyl (C=O) groups is 1. The van der Waals surface area contributed by atoms with Gasteiger partial charge in [0.05, 0.1) is 10.5 Å². The Labute approximate surface area is 98.0 Å². The fourth-order valence-electron chi connectivity index (χ4n) is 1.67. The average molecular weight is 235 g/mol. The van der Waals surface area contributed by atoms with Gasteiger partial charge >= 0.3 is 0 Å². The molecule has 1 aliphatic carbocycles. The number of nitrogens with zero attached hydrogens (tertiary/aromatic N) is 1. The molecule has 0 radical (unpaired) electrons. The van der Waals surface area contributed by atoms with Crippen LogP contribution in [0.1, 0.15) is 29.6 Å². The molecule has 1 amide bonds. The summed E-state index contributed by atoms with van der Waals surface area (Å²) in [5.74, 6) is -0.337. The summed E-state index contributed by atoms with van der Waals surface area (Å²) in [7, 11) is 0. The predicted molar refractivity (Wildman–Crippen MR) is 62.6 cm³/mol. The van der Waals surface area contributed by atoms with Crippen molar-refractivity contribution in [1.82, 2.24) is 5.32 Å². The molecule has 1 aromatic rings. The Morgan fingerprint density at radius 3 is 2.71 bits per heavy atom. The van der Waals surface area contributed by atoms with Gasteiger partial charge in [-0.2, -0.15) is 0 Å². The summed E-state index contributed by atoms with van der Waals surface area (Å²) >= 11 is 0. The van der Waals surface area contributed by atoms with E-state index in [0.717, 1.165) is 19.3 Å². The van der Waals surface area contributed by atoms with Crippen molar-refractivity contribution in [2.24, 2.45) is 0 Å². The first-order chi connectivity index (χ1) is 8.08. The Balaban J connectivity index is 2.20. The summed E-state index contributed by atoms with van der Waals surface area (Å²) in [6.07, 6.45) is 3.02. The van der Waals surface area contributed by atoms with E-state index in [1.165, 1.54) is 18.2 Å². The zero-order valence-electron chi connectivity index (χ0n) is 9.18. The Kier molecular flexibility index (Phi) is 2.95. The van der Waals surface area contributed by atoms with Crippen LogP contribution in [0.4, 0.5) is 11.4 Å². The van der Waals surface area contributed by atoms with Crippen LogP contribution >= 0.6 is 0 Å². The molecule has 0 atom stereocenters. The smallest absolute Gasteiger partial charge is 0.270 e. The lowest BCUT2D eigenvalue weighted by atomic mass is 9.93. The number of carbonyl (C=O) groups excluding carboxylic acids is 1. The van der Waals surface area contributed by atoms with Gasteiger partial charge in [0, 0.05) is 23.9 Å². The quantitative estimate of drug-likeness (QED) is 0.470. The highest BCUT2D eigenvalue weighted by atomic mass is 16.6. The Hall–Kier alpha value is -2.11. The maximum atomic E-state index is 11.8. The van der Waals surface area contributed by atoms with E-state index in [2.05, 4.69) is 5.32 Å². The number of hydrogen-bond donors (Lipinski definition) is 2. The summed E-state index contributed by atoms with van der Waals surface area (Å²) in [5, 5.41) is 13.4. The second-order valence-electron chi connectivity index (χ2n) is 4.13. The number of hydrogen-bond acceptors (Lipinski definition) is 4. The summed E-state index contributed by atoms with van der Waals surface area (Å²) in [6, 6.07) is 4.06. The number of benzene rings is 1. The predicted octanol–water partition coefficient (Wildman–Crippen LogP) is 1.46. The second kappa shape index (κ2) is 4.40. The fraction of sp³-hybridized carbons (Fsp3) is 0.364. The van der Waals surface area contributed by atoms with Crippen LogP contribution in [0, 0.1) is 10.1 Å². The lowest BCUT2D eigenvalue weighted by molar-refractivity contribution is -0.384. The number of rotatable bonds is 3. The molecule has 0 saturated heterocycles. The van der Waals surface area contributed by atoms with Gasteiger partial charge in [-0.25, -0.2) is 0 Å². The SMILES string of the molecule is Nc1ccc([N+](=O)[O-])cc1C(=O)NC1CCC1. The topological polar surface area (TPSA) is 98.3 Å². The summed E-state index contributed by atoms with van der Waals surface area (Å²) in [5.41, 5.74) is 5.94. The van der Waals surface area contributed by atoms with Gasteiger partial charge in [0.1, 0.15) is 0 Å². The van der Waals surface area contributed by atoms with Gasteiger partial charge in [0.25, 0.3) is 11.6 Å². The molecule has 1 saturated carbocycles. The average Bonchev–Trinajstić information content (AvgIpc) is 2.23. The maximum absolute atomic E-state index is 11.8. The molecule has 0 bridgehead atoms. The van der Waals surface area contributed by atoms with Crippen molar-refractivity contribution in [2.75, 3.05) is 5.73 Å². The lowest BCUT2D eigenvalue weighted by Gasteiger charge is -2.26. The van der Waals surface area contributed by atoms with E-state index in [9.17, 15) is 14.9 Å². The van der Waals surface area contributed by atoms with Crippen LogP contribution in [0.3, 0.4) is 0 Å². The van der Waals surface area contributed by atoms with E-state index >= 15 is 0 Å². The Morgan fingerprint density at radius 2 is 2.18 bits per heavy atom. The van der Waals surface area contributed by atoms with Gasteiger partial charge in [-0.15, -0.1) is 0 Å². The first kappa shape index (κ1) is 11.4. The fourth-order valence-corrected chi connectivity index (χ4v) is 1.67. The molecule has 17 heavy (non-hydrogen) atoms. The molecule has 1 fully saturated rings. The largest absolute Gasteiger partial charge is 0.398 e. The highest BCUT2D eigenvalue weighted by Gasteiger charge is 2.22. The molecule has 1 aliphatic rings. The van der Waals surface area contributed by atoms with E-state index in [4.69, 9.17) is 5.73 Å². The molecule has 6 nitrogen and oxygen atoms in total. The van der Waals surface area contributed by atoms with Gasteiger partial charge in [-0.3, -0.25) is 14.9 Å². The number of nitrogens with one attached hydrogen (secondary N) is 1. The van der Waals surface area contributed by atoms with E-state index in [1.807, 2.05) is 0 Å². The molecule has 1 aromatic carbocycles. The van der Waals surface area contributed by atoms with Crippen LogP contribution < -0.4 is 11.1 Å². The van der Waals surface area contributed by atoms with Gasteiger partial charge in [-0.1, -0.05) is 0 Å². The number of non-ortho nitro benzene ring substituents is 1. The zero-order chi connectivity index (χ0) is 12.4. The molecule has 0 aliphatic heterocycles. The highest BCUT2D eigenvalue weighted by Crippen LogP contribution is 2.22. The summed E-state index contributed by atoms with van der Waals surface area (Å²) in [6.45, 7) is 0. The van der Waals surface area contributed by atoms with Gasteiger partial charge < -0.3 is 11.1 Å². The van der Waals surface area contributed by atoms with Crippen molar-refractivity contribution in [3.63, 3.8) is 0 Å². The molecule has 0 aromatic heterocycles. The van der Waals surface area contributed by atoms with Gasteiger partial charge in [0.15, 0.2) is 0 Å². The molecule has 0 unspecified atom stereocenters. The molecule has 2 rings (SSSR count). The van der Waals surface area contributed by atoms with E-state index in [1.54, 1.807) is 0 Å². The van der Waals surface area contributed by atoms with E-state index < -0.39 is 4.92 Å². The molecule has 6 heteroatoms. The lowest BCUT2D eigenvalue weighted by Crippen LogP contribution is -2.39. The monoisotopic (exact) mass is 235 g/mol. The van der Waals surface area contributed by atoms with Crippen molar-refractivity contribution in [2.45, 2.75) is 25.3 Å². The van der Waals surface area contributed by atoms with Crippen molar-refractivity contribution < 1.29 is 9.72 Å². The molecule has 0 spiro atoms. The van der Waals surface area contributed by atoms with Crippen LogP contribution in [0.2, 0.25) is 0 Å². The third kappa shape index (κ3) is 2.35. The number of anilines is 1. The maximum Gasteiger partial charge on any atom is 0.270 e. The van der Waals surface area contributed by atoms with Crippen LogP contribution in [0.5, 0.6) is 0 Å². The van der Waals surface area contributed by atoms with Crippen LogP contribution in [-0.2, 0) is 0 Å². The van der Waals surface area contributed by atoms with E-state index in [-0.39, 0.29) is 28.9 Å². The molecular weight excluding hydrogens is 222 g/mol.